The van der Waals surface area contributed by atoms with Crippen molar-refractivity contribution in [1.82, 2.24) is 14.9 Å². The number of benzene rings is 1. The number of para-hydroxylation sites is 1. The molecule has 24 heavy (non-hydrogen) atoms. The van der Waals surface area contributed by atoms with Crippen molar-refractivity contribution >= 4 is 11.9 Å². The van der Waals surface area contributed by atoms with Gasteiger partial charge in [-0.3, -0.25) is 9.59 Å². The molecule has 0 aliphatic heterocycles. The number of carboxylic acids is 1. The first-order valence-electron chi connectivity index (χ1n) is 8.08. The van der Waals surface area contributed by atoms with Crippen LogP contribution in [0.5, 0.6) is 0 Å². The molecule has 2 rings (SSSR count). The van der Waals surface area contributed by atoms with E-state index in [1.165, 1.54) is 0 Å². The number of rotatable bonds is 8. The third kappa shape index (κ3) is 3.82. The van der Waals surface area contributed by atoms with E-state index in [1.807, 2.05) is 35.0 Å². The van der Waals surface area contributed by atoms with Gasteiger partial charge in [0, 0.05) is 25.4 Å². The molecule has 6 nitrogen and oxygen atoms in total. The van der Waals surface area contributed by atoms with E-state index >= 15 is 0 Å². The first kappa shape index (κ1) is 17.7. The molecule has 1 heterocycles. The molecule has 0 saturated carbocycles. The first-order valence-corrected chi connectivity index (χ1v) is 8.08. The summed E-state index contributed by atoms with van der Waals surface area (Å²) in [6.45, 7) is 3.95. The molecule has 2 aromatic rings. The summed E-state index contributed by atoms with van der Waals surface area (Å²) >= 11 is 0. The molecular weight excluding hydrogens is 306 g/mol. The predicted molar refractivity (Wildman–Crippen MR) is 90.7 cm³/mol. The van der Waals surface area contributed by atoms with E-state index in [2.05, 4.69) is 10.3 Å². The van der Waals surface area contributed by atoms with Gasteiger partial charge in [-0.05, 0) is 24.5 Å². The molecule has 0 aliphatic carbocycles. The molecule has 6 heteroatoms. The van der Waals surface area contributed by atoms with Gasteiger partial charge in [0.15, 0.2) is 0 Å². The summed E-state index contributed by atoms with van der Waals surface area (Å²) in [6, 6.07) is 7.70. The summed E-state index contributed by atoms with van der Waals surface area (Å²) in [6.07, 6.45) is 6.08. The minimum absolute atomic E-state index is 0.0113. The van der Waals surface area contributed by atoms with Gasteiger partial charge in [-0.15, -0.1) is 0 Å². The lowest BCUT2D eigenvalue weighted by molar-refractivity contribution is -0.152. The van der Waals surface area contributed by atoms with Crippen LogP contribution in [-0.2, 0) is 16.1 Å². The van der Waals surface area contributed by atoms with Gasteiger partial charge in [-0.2, -0.15) is 0 Å². The van der Waals surface area contributed by atoms with E-state index in [4.69, 9.17) is 0 Å². The highest BCUT2D eigenvalue weighted by molar-refractivity contribution is 5.84. The maximum absolute atomic E-state index is 12.3. The molecule has 0 spiro atoms. The fraction of sp³-hybridized carbons (Fsp3) is 0.389. The molecular formula is C18H23N3O3. The Morgan fingerprint density at radius 2 is 1.96 bits per heavy atom. The number of amides is 1. The highest BCUT2D eigenvalue weighted by Gasteiger charge is 2.37. The van der Waals surface area contributed by atoms with Crippen LogP contribution in [0.1, 0.15) is 38.7 Å². The third-order valence-corrected chi connectivity index (χ3v) is 4.56. The average molecular weight is 329 g/mol. The van der Waals surface area contributed by atoms with E-state index in [1.54, 1.807) is 26.4 Å². The minimum Gasteiger partial charge on any atom is -0.481 e. The molecule has 128 valence electrons. The van der Waals surface area contributed by atoms with Crippen LogP contribution in [0.2, 0.25) is 0 Å². The average Bonchev–Trinajstić information content (AvgIpc) is 3.12. The van der Waals surface area contributed by atoms with Crippen molar-refractivity contribution in [3.05, 3.63) is 48.5 Å². The van der Waals surface area contributed by atoms with Crippen molar-refractivity contribution in [2.45, 2.75) is 39.7 Å². The Bertz CT molecular complexity index is 691. The predicted octanol–water partition coefficient (Wildman–Crippen LogP) is 2.77. The Labute approximate surface area is 141 Å². The summed E-state index contributed by atoms with van der Waals surface area (Å²) in [5.41, 5.74) is 0.886. The Kier molecular flexibility index (Phi) is 5.73. The van der Waals surface area contributed by atoms with Gasteiger partial charge in [0.2, 0.25) is 5.91 Å². The fourth-order valence-electron chi connectivity index (χ4n) is 2.76. The lowest BCUT2D eigenvalue weighted by Crippen LogP contribution is -2.36. The van der Waals surface area contributed by atoms with Gasteiger partial charge in [0.25, 0.3) is 0 Å². The van der Waals surface area contributed by atoms with Gasteiger partial charge in [0.05, 0.1) is 17.4 Å². The number of aromatic nitrogens is 2. The fourth-order valence-corrected chi connectivity index (χ4v) is 2.76. The molecule has 0 unspecified atom stereocenters. The molecule has 1 aromatic carbocycles. The highest BCUT2D eigenvalue weighted by atomic mass is 16.4. The molecule has 1 aromatic heterocycles. The van der Waals surface area contributed by atoms with Crippen LogP contribution in [0.4, 0.5) is 0 Å². The van der Waals surface area contributed by atoms with E-state index in [9.17, 15) is 14.7 Å². The standard InChI is InChI=1S/C18H23N3O3/c1-3-18(4-2,17(23)24)11-16(22)20-12-14-7-5-6-8-15(14)21-10-9-19-13-21/h5-10,13H,3-4,11-12H2,1-2H3,(H,20,22)(H,23,24). The summed E-state index contributed by atoms with van der Waals surface area (Å²) in [7, 11) is 0. The minimum atomic E-state index is -0.992. The van der Waals surface area contributed by atoms with Crippen molar-refractivity contribution in [3.63, 3.8) is 0 Å². The molecule has 0 bridgehead atoms. The van der Waals surface area contributed by atoms with E-state index in [0.29, 0.717) is 19.4 Å². The summed E-state index contributed by atoms with van der Waals surface area (Å²) in [5.74, 6) is -1.16. The number of aliphatic carboxylic acids is 1. The van der Waals surface area contributed by atoms with Gasteiger partial charge in [-0.1, -0.05) is 32.0 Å². The number of carbonyl (C=O) groups is 2. The topological polar surface area (TPSA) is 84.2 Å². The molecule has 1 amide bonds. The number of hydrogen-bond donors (Lipinski definition) is 2. The summed E-state index contributed by atoms with van der Waals surface area (Å²) in [4.78, 5) is 27.8. The van der Waals surface area contributed by atoms with Crippen LogP contribution in [0, 0.1) is 5.41 Å². The van der Waals surface area contributed by atoms with Crippen LogP contribution in [0.15, 0.2) is 43.0 Å². The van der Waals surface area contributed by atoms with Gasteiger partial charge in [0.1, 0.15) is 0 Å². The van der Waals surface area contributed by atoms with Crippen molar-refractivity contribution < 1.29 is 14.7 Å². The van der Waals surface area contributed by atoms with Crippen LogP contribution in [0.25, 0.3) is 5.69 Å². The Balaban J connectivity index is 2.06. The maximum atomic E-state index is 12.3. The number of hydrogen-bond acceptors (Lipinski definition) is 3. The molecule has 0 aliphatic rings. The zero-order valence-electron chi connectivity index (χ0n) is 14.0. The zero-order chi connectivity index (χ0) is 17.6. The Morgan fingerprint density at radius 1 is 1.25 bits per heavy atom. The van der Waals surface area contributed by atoms with Gasteiger partial charge >= 0.3 is 5.97 Å². The third-order valence-electron chi connectivity index (χ3n) is 4.56. The van der Waals surface area contributed by atoms with Gasteiger partial charge in [-0.25, -0.2) is 4.98 Å². The molecule has 0 fully saturated rings. The quantitative estimate of drug-likeness (QED) is 0.780. The van der Waals surface area contributed by atoms with Crippen LogP contribution < -0.4 is 5.32 Å². The van der Waals surface area contributed by atoms with E-state index < -0.39 is 11.4 Å². The van der Waals surface area contributed by atoms with Crippen LogP contribution in [-0.4, -0.2) is 26.5 Å². The Morgan fingerprint density at radius 3 is 2.54 bits per heavy atom. The lowest BCUT2D eigenvalue weighted by Gasteiger charge is -2.25. The van der Waals surface area contributed by atoms with E-state index in [-0.39, 0.29) is 12.3 Å². The number of nitrogens with one attached hydrogen (secondary N) is 1. The molecule has 0 atom stereocenters. The number of carboxylic acid groups (broad SMARTS) is 1. The van der Waals surface area contributed by atoms with Crippen molar-refractivity contribution in [2.75, 3.05) is 0 Å². The van der Waals surface area contributed by atoms with E-state index in [0.717, 1.165) is 11.3 Å². The SMILES string of the molecule is CCC(CC)(CC(=O)NCc1ccccc1-n1ccnc1)C(=O)O. The first-order chi connectivity index (χ1) is 11.5. The second kappa shape index (κ2) is 7.77. The molecule has 0 saturated heterocycles. The van der Waals surface area contributed by atoms with Crippen molar-refractivity contribution in [1.29, 1.82) is 0 Å². The zero-order valence-corrected chi connectivity index (χ0v) is 14.0. The second-order valence-electron chi connectivity index (χ2n) is 5.84. The normalized spacial score (nSPS) is 11.2. The summed E-state index contributed by atoms with van der Waals surface area (Å²) < 4.78 is 1.88. The lowest BCUT2D eigenvalue weighted by atomic mass is 9.79. The van der Waals surface area contributed by atoms with Crippen molar-refractivity contribution in [3.8, 4) is 5.69 Å². The Hall–Kier alpha value is -2.63. The van der Waals surface area contributed by atoms with Crippen LogP contribution >= 0.6 is 0 Å². The molecule has 2 N–H and O–H groups in total. The molecule has 0 radical (unpaired) electrons. The number of nitrogens with zero attached hydrogens (tertiary/aromatic N) is 2. The largest absolute Gasteiger partial charge is 0.481 e. The smallest absolute Gasteiger partial charge is 0.310 e. The summed E-state index contributed by atoms with van der Waals surface area (Å²) in [5, 5.41) is 12.3. The highest BCUT2D eigenvalue weighted by Crippen LogP contribution is 2.30. The number of carbonyl (C=O) groups excluding carboxylic acids is 1. The van der Waals surface area contributed by atoms with Crippen LogP contribution in [0.3, 0.4) is 0 Å². The van der Waals surface area contributed by atoms with Crippen molar-refractivity contribution in [2.24, 2.45) is 5.41 Å². The monoisotopic (exact) mass is 329 g/mol. The number of imidazole rings is 1. The second-order valence-corrected chi connectivity index (χ2v) is 5.84. The maximum Gasteiger partial charge on any atom is 0.310 e. The van der Waals surface area contributed by atoms with Gasteiger partial charge < -0.3 is 15.0 Å².